The van der Waals surface area contributed by atoms with Crippen molar-refractivity contribution in [3.05, 3.63) is 113 Å². The number of hydrogen-bond acceptors (Lipinski definition) is 1. The first-order valence-corrected chi connectivity index (χ1v) is 7.50. The monoisotopic (exact) mass is 352 g/mol. The molecular formula is C21H22NOTi-. The molecule has 1 aromatic rings. The van der Waals surface area contributed by atoms with E-state index in [0.717, 1.165) is 0 Å². The van der Waals surface area contributed by atoms with Gasteiger partial charge < -0.3 is 10.1 Å². The molecule has 3 heteroatoms. The van der Waals surface area contributed by atoms with Gasteiger partial charge in [-0.3, -0.25) is 0 Å². The smallest absolute Gasteiger partial charge is 0.0611 e. The summed E-state index contributed by atoms with van der Waals surface area (Å²) >= 11 is 0. The van der Waals surface area contributed by atoms with Crippen LogP contribution in [0.3, 0.4) is 0 Å². The van der Waals surface area contributed by atoms with E-state index in [0.29, 0.717) is 5.69 Å². The first-order valence-electron chi connectivity index (χ1n) is 7.50. The van der Waals surface area contributed by atoms with Gasteiger partial charge in [0.25, 0.3) is 0 Å². The van der Waals surface area contributed by atoms with Crippen LogP contribution in [0.5, 0.6) is 0 Å². The summed E-state index contributed by atoms with van der Waals surface area (Å²) in [6.07, 6.45) is 21.6. The van der Waals surface area contributed by atoms with Crippen LogP contribution in [0, 0.1) is 70.1 Å². The van der Waals surface area contributed by atoms with Crippen molar-refractivity contribution in [3.8, 4) is 0 Å². The van der Waals surface area contributed by atoms with E-state index in [1.165, 1.54) is 0 Å². The van der Waals surface area contributed by atoms with Gasteiger partial charge in [-0.1, -0.05) is 43.3 Å². The maximum absolute atomic E-state index is 11.3. The van der Waals surface area contributed by atoms with Crippen molar-refractivity contribution in [2.24, 2.45) is 5.92 Å². The predicted molar refractivity (Wildman–Crippen MR) is 96.8 cm³/mol. The molecule has 3 rings (SSSR count). The normalized spacial score (nSPS) is 16.4. The van der Waals surface area contributed by atoms with Crippen molar-refractivity contribution in [2.45, 2.75) is 6.92 Å². The number of carbonyl (C=O) groups excluding carboxylic acids is 1. The first-order chi connectivity index (χ1) is 11.2. The Labute approximate surface area is 163 Å². The number of nitrogens with zero attached hydrogens (tertiary/aromatic N) is 1. The maximum Gasteiger partial charge on any atom is 0.0611 e. The van der Waals surface area contributed by atoms with Gasteiger partial charge in [0, 0.05) is 27.6 Å². The summed E-state index contributed by atoms with van der Waals surface area (Å²) in [5.74, 6) is -0.360. The largest absolute Gasteiger partial charge is 0.626 e. The molecule has 2 fully saturated rings. The second-order valence-corrected chi connectivity index (χ2v) is 4.73. The van der Waals surface area contributed by atoms with Gasteiger partial charge in [0.1, 0.15) is 0 Å². The van der Waals surface area contributed by atoms with Gasteiger partial charge in [-0.2, -0.15) is 0 Å². The fraction of sp³-hybridized carbons (Fsp3) is 0.0952. The molecule has 1 amide bonds. The zero-order chi connectivity index (χ0) is 16.8. The Morgan fingerprint density at radius 2 is 1.25 bits per heavy atom. The Morgan fingerprint density at radius 1 is 0.875 bits per heavy atom. The Bertz CT molecular complexity index is 400. The number of benzene rings is 1. The van der Waals surface area contributed by atoms with E-state index in [4.69, 9.17) is 0 Å². The Hall–Kier alpha value is -0.856. The van der Waals surface area contributed by atoms with Gasteiger partial charge in [0.15, 0.2) is 0 Å². The molecule has 0 bridgehead atoms. The molecule has 0 N–H and O–H groups in total. The Kier molecular flexibility index (Phi) is 15.1. The summed E-state index contributed by atoms with van der Waals surface area (Å²) < 4.78 is 0. The van der Waals surface area contributed by atoms with Crippen LogP contribution >= 0.6 is 0 Å². The molecule has 0 aliphatic heterocycles. The van der Waals surface area contributed by atoms with Crippen LogP contribution < -0.4 is 0 Å². The molecule has 0 heterocycles. The van der Waals surface area contributed by atoms with E-state index in [1.54, 1.807) is 25.1 Å². The minimum atomic E-state index is -0.208. The fourth-order valence-electron chi connectivity index (χ4n) is 1.47. The zero-order valence-electron chi connectivity index (χ0n) is 13.9. The van der Waals surface area contributed by atoms with Crippen LogP contribution in [0.1, 0.15) is 6.92 Å². The molecule has 2 aliphatic carbocycles. The van der Waals surface area contributed by atoms with Gasteiger partial charge in [0.05, 0.1) is 5.91 Å². The van der Waals surface area contributed by atoms with Gasteiger partial charge in [0.2, 0.25) is 0 Å². The molecule has 0 spiro atoms. The van der Waals surface area contributed by atoms with Crippen LogP contribution in [0.25, 0.3) is 5.32 Å². The van der Waals surface area contributed by atoms with Gasteiger partial charge in [-0.15, -0.1) is 12.3 Å². The number of carbonyl (C=O) groups is 1. The van der Waals surface area contributed by atoms with Gasteiger partial charge >= 0.3 is 0 Å². The van der Waals surface area contributed by atoms with Gasteiger partial charge in [-0.25, -0.2) is 0 Å². The zero-order valence-corrected chi connectivity index (χ0v) is 15.4. The molecule has 2 saturated carbocycles. The molecule has 122 valence electrons. The van der Waals surface area contributed by atoms with E-state index in [2.05, 4.69) is 11.9 Å². The Balaban J connectivity index is 0.000000393. The van der Waals surface area contributed by atoms with Crippen molar-refractivity contribution >= 4 is 11.6 Å². The van der Waals surface area contributed by atoms with E-state index < -0.39 is 0 Å². The molecule has 2 aliphatic rings. The minimum absolute atomic E-state index is 0. The third kappa shape index (κ3) is 11.6. The summed E-state index contributed by atoms with van der Waals surface area (Å²) in [5.41, 5.74) is 0.696. The quantitative estimate of drug-likeness (QED) is 0.551. The average Bonchev–Trinajstić information content (AvgIpc) is 3.32. The molecule has 24 heavy (non-hydrogen) atoms. The number of hydrogen-bond donors (Lipinski definition) is 0. The van der Waals surface area contributed by atoms with Crippen molar-refractivity contribution in [1.29, 1.82) is 0 Å². The topological polar surface area (TPSA) is 31.2 Å². The molecular weight excluding hydrogens is 330 g/mol. The summed E-state index contributed by atoms with van der Waals surface area (Å²) in [7, 11) is 0. The maximum atomic E-state index is 11.3. The molecule has 2 nitrogen and oxygen atoms in total. The number of amides is 1. The standard InChI is InChI=1S/C11H13NO.2C5H5.Ti/c1-3-9(2)11(13)12-10-7-5-4-6-8-10;2*1-2-4-5-3-1;/h3-9H,1H2,2H3,(H,12,13);2*1-5H;/p-1. The summed E-state index contributed by atoms with van der Waals surface area (Å²) in [5, 5.41) is 3.92. The molecule has 1 aromatic carbocycles. The molecule has 0 saturated heterocycles. The second kappa shape index (κ2) is 15.7. The third-order valence-corrected chi connectivity index (χ3v) is 2.85. The van der Waals surface area contributed by atoms with E-state index >= 15 is 0 Å². The fourth-order valence-corrected chi connectivity index (χ4v) is 1.47. The van der Waals surface area contributed by atoms with Crippen LogP contribution in [-0.4, -0.2) is 5.91 Å². The van der Waals surface area contributed by atoms with E-state index in [-0.39, 0.29) is 33.5 Å². The van der Waals surface area contributed by atoms with Crippen LogP contribution in [0.2, 0.25) is 0 Å². The molecule has 1 atom stereocenters. The second-order valence-electron chi connectivity index (χ2n) is 4.73. The number of para-hydroxylation sites is 1. The minimum Gasteiger partial charge on any atom is -0.626 e. The third-order valence-electron chi connectivity index (χ3n) is 2.85. The van der Waals surface area contributed by atoms with Crippen LogP contribution in [0.4, 0.5) is 5.69 Å². The SMILES string of the molecule is C=CC(C)C(=O)[N-]c1ccccc1.[CH]1[CH][CH][CH][CH]1.[CH]1[CH][CH][CH][CH]1.[Ti]. The van der Waals surface area contributed by atoms with Crippen molar-refractivity contribution in [3.63, 3.8) is 0 Å². The van der Waals surface area contributed by atoms with Gasteiger partial charge in [-0.05, 0) is 64.2 Å². The summed E-state index contributed by atoms with van der Waals surface area (Å²) in [6.45, 7) is 5.32. The van der Waals surface area contributed by atoms with Crippen molar-refractivity contribution < 1.29 is 26.5 Å². The van der Waals surface area contributed by atoms with E-state index in [9.17, 15) is 4.79 Å². The van der Waals surface area contributed by atoms with Crippen molar-refractivity contribution in [2.75, 3.05) is 0 Å². The summed E-state index contributed by atoms with van der Waals surface area (Å²) in [6, 6.07) is 9.19. The average molecular weight is 352 g/mol. The molecule has 0 aromatic heterocycles. The molecule has 10 radical (unpaired) electrons. The summed E-state index contributed by atoms with van der Waals surface area (Å²) in [4.78, 5) is 11.3. The number of rotatable bonds is 3. The first kappa shape index (κ1) is 23.1. The van der Waals surface area contributed by atoms with E-state index in [1.807, 2.05) is 82.4 Å². The van der Waals surface area contributed by atoms with Crippen LogP contribution in [-0.2, 0) is 26.5 Å². The van der Waals surface area contributed by atoms with Crippen molar-refractivity contribution in [1.82, 2.24) is 0 Å². The Morgan fingerprint density at radius 3 is 1.58 bits per heavy atom. The predicted octanol–water partition coefficient (Wildman–Crippen LogP) is 5.08. The van der Waals surface area contributed by atoms with Crippen LogP contribution in [0.15, 0.2) is 43.0 Å². The molecule has 1 unspecified atom stereocenters.